The molecule has 0 aromatic heterocycles. The van der Waals surface area contributed by atoms with Crippen molar-refractivity contribution < 1.29 is 4.74 Å². The first-order valence-electron chi connectivity index (χ1n) is 4.99. The second-order valence-corrected chi connectivity index (χ2v) is 2.83. The Hall–Kier alpha value is -0.0800. The van der Waals surface area contributed by atoms with Crippen LogP contribution in [0.2, 0.25) is 0 Å². The van der Waals surface area contributed by atoms with Gasteiger partial charge in [-0.15, -0.1) is 0 Å². The highest BCUT2D eigenvalue weighted by Crippen LogP contribution is 2.24. The minimum absolute atomic E-state index is 0.439. The van der Waals surface area contributed by atoms with E-state index in [9.17, 15) is 0 Å². The minimum atomic E-state index is 0.439. The molecule has 1 fully saturated rings. The van der Waals surface area contributed by atoms with Crippen molar-refractivity contribution in [2.45, 2.75) is 34.6 Å². The topological polar surface area (TPSA) is 21.3 Å². The van der Waals surface area contributed by atoms with Crippen molar-refractivity contribution in [3.63, 3.8) is 0 Å². The van der Waals surface area contributed by atoms with Crippen LogP contribution in [0.25, 0.3) is 0 Å². The van der Waals surface area contributed by atoms with Gasteiger partial charge < -0.3 is 10.1 Å². The number of ether oxygens (including phenoxy) is 1. The zero-order valence-corrected chi connectivity index (χ0v) is 9.53. The Morgan fingerprint density at radius 3 is 1.67 bits per heavy atom. The summed E-state index contributed by atoms with van der Waals surface area (Å²) in [4.78, 5) is 0. The predicted molar refractivity (Wildman–Crippen MR) is 55.5 cm³/mol. The molecule has 1 rings (SSSR count). The van der Waals surface area contributed by atoms with Crippen LogP contribution in [0.4, 0.5) is 0 Å². The van der Waals surface area contributed by atoms with Gasteiger partial charge in [0, 0.05) is 12.0 Å². The van der Waals surface area contributed by atoms with Crippen LogP contribution >= 0.6 is 0 Å². The Kier molecular flexibility index (Phi) is 10.8. The highest BCUT2D eigenvalue weighted by Gasteiger charge is 2.31. The van der Waals surface area contributed by atoms with E-state index in [-0.39, 0.29) is 0 Å². The Morgan fingerprint density at radius 2 is 1.58 bits per heavy atom. The molecule has 1 saturated heterocycles. The molecule has 0 radical (unpaired) electrons. The molecule has 0 bridgehead atoms. The maximum absolute atomic E-state index is 5.05. The first kappa shape index (κ1) is 14.4. The molecular weight excluding hydrogens is 150 g/mol. The second kappa shape index (κ2) is 9.01. The molecule has 1 N–H and O–H groups in total. The third-order valence-corrected chi connectivity index (χ3v) is 1.50. The third kappa shape index (κ3) is 5.56. The van der Waals surface area contributed by atoms with Crippen LogP contribution in [0.1, 0.15) is 34.6 Å². The summed E-state index contributed by atoms with van der Waals surface area (Å²) >= 11 is 0. The number of rotatable bonds is 2. The van der Waals surface area contributed by atoms with E-state index in [1.807, 2.05) is 34.7 Å². The van der Waals surface area contributed by atoms with Gasteiger partial charge in [0.15, 0.2) is 0 Å². The van der Waals surface area contributed by atoms with Gasteiger partial charge in [0.1, 0.15) is 0 Å². The van der Waals surface area contributed by atoms with Gasteiger partial charge in [-0.05, 0) is 7.05 Å². The van der Waals surface area contributed by atoms with Crippen LogP contribution in [-0.4, -0.2) is 26.8 Å². The predicted octanol–water partition coefficient (Wildman–Crippen LogP) is 2.29. The summed E-state index contributed by atoms with van der Waals surface area (Å²) in [5.41, 5.74) is 0.439. The van der Waals surface area contributed by atoms with Gasteiger partial charge in [-0.25, -0.2) is 0 Å². The van der Waals surface area contributed by atoms with E-state index in [1.54, 1.807) is 0 Å². The first-order chi connectivity index (χ1) is 5.77. The molecule has 0 atom stereocenters. The molecule has 0 aromatic rings. The third-order valence-electron chi connectivity index (χ3n) is 1.50. The molecule has 2 nitrogen and oxygen atoms in total. The zero-order valence-electron chi connectivity index (χ0n) is 9.53. The molecule has 0 aliphatic carbocycles. The lowest BCUT2D eigenvalue weighted by atomic mass is 9.89. The standard InChI is InChI=1S/C6H13NO.2C2H6/c1-6(3-7-2)4-8-5-6;2*1-2/h7H,3-5H2,1-2H3;2*1-2H3. The molecule has 1 aliphatic heterocycles. The molecule has 0 unspecified atom stereocenters. The van der Waals surface area contributed by atoms with Crippen molar-refractivity contribution in [3.8, 4) is 0 Å². The summed E-state index contributed by atoms with van der Waals surface area (Å²) in [7, 11) is 1.98. The average Bonchev–Trinajstić information content (AvgIpc) is 2.10. The summed E-state index contributed by atoms with van der Waals surface area (Å²) in [6.07, 6.45) is 0. The fraction of sp³-hybridized carbons (Fsp3) is 1.00. The smallest absolute Gasteiger partial charge is 0.0554 e. The normalized spacial score (nSPS) is 17.5. The summed E-state index contributed by atoms with van der Waals surface area (Å²) in [5, 5.41) is 3.13. The SMILES string of the molecule is CC.CC.CNCC1(C)COC1. The summed E-state index contributed by atoms with van der Waals surface area (Å²) in [5.74, 6) is 0. The van der Waals surface area contributed by atoms with Gasteiger partial charge in [0.05, 0.1) is 13.2 Å². The molecule has 1 heterocycles. The number of hydrogen-bond donors (Lipinski definition) is 1. The highest BCUT2D eigenvalue weighted by molar-refractivity contribution is 4.81. The largest absolute Gasteiger partial charge is 0.380 e. The van der Waals surface area contributed by atoms with Crippen LogP contribution in [-0.2, 0) is 4.74 Å². The minimum Gasteiger partial charge on any atom is -0.380 e. The van der Waals surface area contributed by atoms with Crippen LogP contribution in [0, 0.1) is 5.41 Å². The van der Waals surface area contributed by atoms with E-state index in [0.29, 0.717) is 5.41 Å². The van der Waals surface area contributed by atoms with Gasteiger partial charge in [0.2, 0.25) is 0 Å². The van der Waals surface area contributed by atoms with Crippen molar-refractivity contribution in [2.24, 2.45) is 5.41 Å². The van der Waals surface area contributed by atoms with Gasteiger partial charge in [-0.1, -0.05) is 34.6 Å². The Morgan fingerprint density at radius 1 is 1.17 bits per heavy atom. The lowest BCUT2D eigenvalue weighted by Crippen LogP contribution is -2.46. The fourth-order valence-corrected chi connectivity index (χ4v) is 0.979. The van der Waals surface area contributed by atoms with E-state index >= 15 is 0 Å². The van der Waals surface area contributed by atoms with Crippen LogP contribution in [0.5, 0.6) is 0 Å². The lowest BCUT2D eigenvalue weighted by molar-refractivity contribution is -0.0982. The Bertz CT molecular complexity index is 79.9. The molecule has 2 heteroatoms. The Balaban J connectivity index is 0. The molecule has 0 saturated carbocycles. The summed E-state index contributed by atoms with van der Waals surface area (Å²) in [6, 6.07) is 0. The molecule has 0 aromatic carbocycles. The van der Waals surface area contributed by atoms with E-state index < -0.39 is 0 Å². The van der Waals surface area contributed by atoms with Gasteiger partial charge >= 0.3 is 0 Å². The van der Waals surface area contributed by atoms with E-state index in [1.165, 1.54) is 0 Å². The highest BCUT2D eigenvalue weighted by atomic mass is 16.5. The second-order valence-electron chi connectivity index (χ2n) is 2.83. The quantitative estimate of drug-likeness (QED) is 0.695. The number of nitrogens with one attached hydrogen (secondary N) is 1. The van der Waals surface area contributed by atoms with Crippen LogP contribution < -0.4 is 5.32 Å². The van der Waals surface area contributed by atoms with Crippen LogP contribution in [0.15, 0.2) is 0 Å². The Labute approximate surface area is 77.7 Å². The van der Waals surface area contributed by atoms with Gasteiger partial charge in [0.25, 0.3) is 0 Å². The van der Waals surface area contributed by atoms with Crippen molar-refractivity contribution in [1.29, 1.82) is 0 Å². The summed E-state index contributed by atoms with van der Waals surface area (Å²) < 4.78 is 5.05. The van der Waals surface area contributed by atoms with Crippen molar-refractivity contribution in [2.75, 3.05) is 26.8 Å². The van der Waals surface area contributed by atoms with Crippen molar-refractivity contribution in [3.05, 3.63) is 0 Å². The van der Waals surface area contributed by atoms with Crippen LogP contribution in [0.3, 0.4) is 0 Å². The zero-order chi connectivity index (χ0) is 10.0. The molecule has 0 spiro atoms. The molecule has 1 aliphatic rings. The molecule has 12 heavy (non-hydrogen) atoms. The fourth-order valence-electron chi connectivity index (χ4n) is 0.979. The maximum atomic E-state index is 5.05. The van der Waals surface area contributed by atoms with E-state index in [0.717, 1.165) is 19.8 Å². The van der Waals surface area contributed by atoms with Gasteiger partial charge in [-0.2, -0.15) is 0 Å². The maximum Gasteiger partial charge on any atom is 0.0554 e. The van der Waals surface area contributed by atoms with Gasteiger partial charge in [-0.3, -0.25) is 0 Å². The molecule has 76 valence electrons. The number of hydrogen-bond acceptors (Lipinski definition) is 2. The lowest BCUT2D eigenvalue weighted by Gasteiger charge is -2.37. The molecule has 0 amide bonds. The van der Waals surface area contributed by atoms with E-state index in [2.05, 4.69) is 12.2 Å². The van der Waals surface area contributed by atoms with Crippen molar-refractivity contribution >= 4 is 0 Å². The average molecular weight is 175 g/mol. The van der Waals surface area contributed by atoms with E-state index in [4.69, 9.17) is 4.74 Å². The summed E-state index contributed by atoms with van der Waals surface area (Å²) in [6.45, 7) is 13.2. The molecular formula is C10H25NO. The van der Waals surface area contributed by atoms with Crippen molar-refractivity contribution in [1.82, 2.24) is 5.32 Å². The first-order valence-corrected chi connectivity index (χ1v) is 4.99. The monoisotopic (exact) mass is 175 g/mol.